The van der Waals surface area contributed by atoms with E-state index in [1.54, 1.807) is 0 Å². The minimum atomic E-state index is -4.38. The summed E-state index contributed by atoms with van der Waals surface area (Å²) in [6, 6.07) is 3.98. The lowest BCUT2D eigenvalue weighted by atomic mass is 10.0. The Kier molecular flexibility index (Phi) is 3.68. The average Bonchev–Trinajstić information content (AvgIpc) is 2.17. The van der Waals surface area contributed by atoms with Crippen molar-refractivity contribution in [1.29, 1.82) is 0 Å². The van der Waals surface area contributed by atoms with Crippen LogP contribution in [0, 0.1) is 0 Å². The number of nitrogens with two attached hydrogens (primary N) is 1. The zero-order chi connectivity index (χ0) is 11.5. The summed E-state index contributed by atoms with van der Waals surface area (Å²) in [6.45, 7) is -0.641. The number of rotatable bonds is 3. The van der Waals surface area contributed by atoms with E-state index in [2.05, 4.69) is 0 Å². The van der Waals surface area contributed by atoms with Crippen LogP contribution in [0.5, 0.6) is 0 Å². The highest BCUT2D eigenvalue weighted by Crippen LogP contribution is 2.30. The van der Waals surface area contributed by atoms with Gasteiger partial charge in [-0.15, -0.1) is 0 Å². The third-order valence-electron chi connectivity index (χ3n) is 2.06. The minimum Gasteiger partial charge on any atom is -0.324 e. The van der Waals surface area contributed by atoms with Crippen LogP contribution in [0.25, 0.3) is 0 Å². The van der Waals surface area contributed by atoms with E-state index in [0.29, 0.717) is 5.56 Å². The molecule has 1 rings (SSSR count). The van der Waals surface area contributed by atoms with Crippen molar-refractivity contribution >= 4 is 0 Å². The summed E-state index contributed by atoms with van der Waals surface area (Å²) in [6.07, 6.45) is -4.35. The van der Waals surface area contributed by atoms with Gasteiger partial charge in [0, 0.05) is 6.04 Å². The molecule has 0 aromatic heterocycles. The summed E-state index contributed by atoms with van der Waals surface area (Å²) in [5.74, 6) is 0. The van der Waals surface area contributed by atoms with Crippen LogP contribution in [0.4, 0.5) is 17.6 Å². The SMILES string of the molecule is N[C@H](CCF)c1cccc(C(F)(F)F)c1. The molecule has 0 saturated carbocycles. The Bertz CT molecular complexity index is 321. The van der Waals surface area contributed by atoms with Gasteiger partial charge in [0.15, 0.2) is 0 Å². The Hall–Kier alpha value is -1.10. The molecule has 84 valence electrons. The summed E-state index contributed by atoms with van der Waals surface area (Å²) in [7, 11) is 0. The first kappa shape index (κ1) is 12.0. The van der Waals surface area contributed by atoms with E-state index in [9.17, 15) is 17.6 Å². The number of alkyl halides is 4. The van der Waals surface area contributed by atoms with Gasteiger partial charge in [0.1, 0.15) is 0 Å². The van der Waals surface area contributed by atoms with Gasteiger partial charge in [0.25, 0.3) is 0 Å². The molecule has 0 aliphatic carbocycles. The lowest BCUT2D eigenvalue weighted by molar-refractivity contribution is -0.137. The summed E-state index contributed by atoms with van der Waals surface area (Å²) in [5, 5.41) is 0. The van der Waals surface area contributed by atoms with Gasteiger partial charge >= 0.3 is 6.18 Å². The topological polar surface area (TPSA) is 26.0 Å². The van der Waals surface area contributed by atoms with E-state index < -0.39 is 24.5 Å². The molecular weight excluding hydrogens is 210 g/mol. The van der Waals surface area contributed by atoms with Crippen LogP contribution in [0.2, 0.25) is 0 Å². The fraction of sp³-hybridized carbons (Fsp3) is 0.400. The van der Waals surface area contributed by atoms with Gasteiger partial charge in [-0.2, -0.15) is 13.2 Å². The summed E-state index contributed by atoms with van der Waals surface area (Å²) >= 11 is 0. The Labute approximate surface area is 84.9 Å². The van der Waals surface area contributed by atoms with Crippen molar-refractivity contribution in [2.45, 2.75) is 18.6 Å². The van der Waals surface area contributed by atoms with E-state index >= 15 is 0 Å². The van der Waals surface area contributed by atoms with Crippen LogP contribution >= 0.6 is 0 Å². The molecule has 0 fully saturated rings. The second-order valence-corrected chi connectivity index (χ2v) is 3.21. The molecular formula is C10H11F4N. The maximum atomic E-state index is 12.3. The molecule has 0 aliphatic rings. The smallest absolute Gasteiger partial charge is 0.324 e. The molecule has 1 atom stereocenters. The second kappa shape index (κ2) is 4.61. The molecule has 0 amide bonds. The Morgan fingerprint density at radius 1 is 1.27 bits per heavy atom. The van der Waals surface area contributed by atoms with Gasteiger partial charge < -0.3 is 5.73 Å². The number of benzene rings is 1. The van der Waals surface area contributed by atoms with Crippen molar-refractivity contribution in [2.24, 2.45) is 5.73 Å². The van der Waals surface area contributed by atoms with Crippen molar-refractivity contribution in [3.63, 3.8) is 0 Å². The third kappa shape index (κ3) is 3.20. The number of halogens is 4. The molecule has 2 N–H and O–H groups in total. The van der Waals surface area contributed by atoms with Gasteiger partial charge in [0.05, 0.1) is 12.2 Å². The van der Waals surface area contributed by atoms with Gasteiger partial charge in [-0.25, -0.2) is 0 Å². The minimum absolute atomic E-state index is 0.0291. The van der Waals surface area contributed by atoms with Crippen LogP contribution in [0.1, 0.15) is 23.6 Å². The third-order valence-corrected chi connectivity index (χ3v) is 2.06. The van der Waals surface area contributed by atoms with Gasteiger partial charge in [-0.1, -0.05) is 12.1 Å². The summed E-state index contributed by atoms with van der Waals surface area (Å²) in [5.41, 5.74) is 5.06. The first-order chi connectivity index (χ1) is 6.95. The number of hydrogen-bond acceptors (Lipinski definition) is 1. The fourth-order valence-electron chi connectivity index (χ4n) is 1.23. The highest BCUT2D eigenvalue weighted by Gasteiger charge is 2.30. The first-order valence-corrected chi connectivity index (χ1v) is 4.44. The Morgan fingerprint density at radius 2 is 1.93 bits per heavy atom. The van der Waals surface area contributed by atoms with Crippen LogP contribution in [-0.2, 0) is 6.18 Å². The fourth-order valence-corrected chi connectivity index (χ4v) is 1.23. The maximum absolute atomic E-state index is 12.3. The molecule has 0 unspecified atom stereocenters. The van der Waals surface area contributed by atoms with E-state index in [-0.39, 0.29) is 6.42 Å². The monoisotopic (exact) mass is 221 g/mol. The van der Waals surface area contributed by atoms with Crippen molar-refractivity contribution in [1.82, 2.24) is 0 Å². The molecule has 0 radical (unpaired) electrons. The molecule has 1 nitrogen and oxygen atoms in total. The maximum Gasteiger partial charge on any atom is 0.416 e. The average molecular weight is 221 g/mol. The highest BCUT2D eigenvalue weighted by molar-refractivity contribution is 5.27. The molecule has 0 heterocycles. The zero-order valence-electron chi connectivity index (χ0n) is 7.89. The first-order valence-electron chi connectivity index (χ1n) is 4.44. The predicted octanol–water partition coefficient (Wildman–Crippen LogP) is 3.06. The Morgan fingerprint density at radius 3 is 2.47 bits per heavy atom. The van der Waals surface area contributed by atoms with Crippen molar-refractivity contribution in [3.8, 4) is 0 Å². The van der Waals surface area contributed by atoms with E-state index in [1.807, 2.05) is 0 Å². The van der Waals surface area contributed by atoms with Gasteiger partial charge in [-0.3, -0.25) is 4.39 Å². The van der Waals surface area contributed by atoms with Crippen LogP contribution < -0.4 is 5.73 Å². The van der Waals surface area contributed by atoms with E-state index in [1.165, 1.54) is 12.1 Å². The lowest BCUT2D eigenvalue weighted by Crippen LogP contribution is -2.13. The molecule has 1 aromatic carbocycles. The lowest BCUT2D eigenvalue weighted by Gasteiger charge is -2.12. The summed E-state index contributed by atoms with van der Waals surface area (Å²) < 4.78 is 48.9. The Balaban J connectivity index is 2.92. The number of hydrogen-bond donors (Lipinski definition) is 1. The van der Waals surface area contributed by atoms with Crippen molar-refractivity contribution in [2.75, 3.05) is 6.67 Å². The van der Waals surface area contributed by atoms with E-state index in [0.717, 1.165) is 12.1 Å². The molecule has 0 aliphatic heterocycles. The van der Waals surface area contributed by atoms with Gasteiger partial charge in [-0.05, 0) is 24.1 Å². The van der Waals surface area contributed by atoms with Crippen molar-refractivity contribution < 1.29 is 17.6 Å². The molecule has 1 aromatic rings. The van der Waals surface area contributed by atoms with Gasteiger partial charge in [0.2, 0.25) is 0 Å². The molecule has 5 heteroatoms. The second-order valence-electron chi connectivity index (χ2n) is 3.21. The quantitative estimate of drug-likeness (QED) is 0.780. The molecule has 0 spiro atoms. The van der Waals surface area contributed by atoms with E-state index in [4.69, 9.17) is 5.73 Å². The highest BCUT2D eigenvalue weighted by atomic mass is 19.4. The molecule has 0 bridgehead atoms. The van der Waals surface area contributed by atoms with Crippen LogP contribution in [0.3, 0.4) is 0 Å². The zero-order valence-corrected chi connectivity index (χ0v) is 7.89. The standard InChI is InChI=1S/C10H11F4N/c11-5-4-9(15)7-2-1-3-8(6-7)10(12,13)14/h1-3,6,9H,4-5,15H2/t9-/m1/s1. The summed E-state index contributed by atoms with van der Waals surface area (Å²) in [4.78, 5) is 0. The molecule has 0 saturated heterocycles. The molecule has 15 heavy (non-hydrogen) atoms. The normalized spacial score (nSPS) is 13.9. The van der Waals surface area contributed by atoms with Crippen LogP contribution in [-0.4, -0.2) is 6.67 Å². The van der Waals surface area contributed by atoms with Crippen LogP contribution in [0.15, 0.2) is 24.3 Å². The predicted molar refractivity (Wildman–Crippen MR) is 49.0 cm³/mol. The van der Waals surface area contributed by atoms with Crippen molar-refractivity contribution in [3.05, 3.63) is 35.4 Å². The largest absolute Gasteiger partial charge is 0.416 e.